The highest BCUT2D eigenvalue weighted by Crippen LogP contribution is 2.23. The van der Waals surface area contributed by atoms with Gasteiger partial charge < -0.3 is 9.84 Å². The Bertz CT molecular complexity index is 342. The van der Waals surface area contributed by atoms with E-state index in [1.165, 1.54) is 0 Å². The summed E-state index contributed by atoms with van der Waals surface area (Å²) in [4.78, 5) is 10.3. The summed E-state index contributed by atoms with van der Waals surface area (Å²) in [7, 11) is 0. The van der Waals surface area contributed by atoms with Crippen LogP contribution in [0.25, 0.3) is 0 Å². The Kier molecular flexibility index (Phi) is 2.56. The van der Waals surface area contributed by atoms with Gasteiger partial charge in [0, 0.05) is 0 Å². The van der Waals surface area contributed by atoms with Gasteiger partial charge in [0.2, 0.25) is 0 Å². The number of aryl methyl sites for hydroxylation is 1. The normalized spacial score (nSPS) is 9.77. The molecular weight excluding hydrogens is 168 g/mol. The van der Waals surface area contributed by atoms with Crippen LogP contribution in [0.1, 0.15) is 16.7 Å². The molecule has 0 heterocycles. The van der Waals surface area contributed by atoms with Crippen molar-refractivity contribution in [1.29, 1.82) is 0 Å². The molecule has 1 rings (SSSR count). The van der Waals surface area contributed by atoms with Crippen molar-refractivity contribution >= 4 is 6.16 Å². The van der Waals surface area contributed by atoms with E-state index in [0.717, 1.165) is 16.7 Å². The van der Waals surface area contributed by atoms with Crippen molar-refractivity contribution in [2.45, 2.75) is 20.8 Å². The van der Waals surface area contributed by atoms with E-state index in [-0.39, 0.29) is 0 Å². The molecule has 1 aromatic rings. The number of hydrogen-bond acceptors (Lipinski definition) is 2. The Hall–Kier alpha value is -1.51. The van der Waals surface area contributed by atoms with Crippen LogP contribution in [0.2, 0.25) is 0 Å². The topological polar surface area (TPSA) is 46.5 Å². The molecule has 0 atom stereocenters. The maximum absolute atomic E-state index is 10.3. The second kappa shape index (κ2) is 3.47. The summed E-state index contributed by atoms with van der Waals surface area (Å²) >= 11 is 0. The van der Waals surface area contributed by atoms with E-state index >= 15 is 0 Å². The fourth-order valence-corrected chi connectivity index (χ4v) is 1.14. The van der Waals surface area contributed by atoms with Crippen molar-refractivity contribution in [2.75, 3.05) is 0 Å². The third-order valence-electron chi connectivity index (χ3n) is 2.21. The first kappa shape index (κ1) is 9.58. The predicted molar refractivity (Wildman–Crippen MR) is 49.3 cm³/mol. The van der Waals surface area contributed by atoms with Crippen molar-refractivity contribution in [1.82, 2.24) is 0 Å². The molecule has 1 N–H and O–H groups in total. The molecule has 3 nitrogen and oxygen atoms in total. The minimum Gasteiger partial charge on any atom is -0.449 e. The van der Waals surface area contributed by atoms with E-state index < -0.39 is 6.16 Å². The lowest BCUT2D eigenvalue weighted by atomic mass is 10.0. The van der Waals surface area contributed by atoms with Crippen molar-refractivity contribution < 1.29 is 14.6 Å². The lowest BCUT2D eigenvalue weighted by molar-refractivity contribution is 0.144. The van der Waals surface area contributed by atoms with Crippen molar-refractivity contribution in [3.63, 3.8) is 0 Å². The lowest BCUT2D eigenvalue weighted by Crippen LogP contribution is -2.05. The Labute approximate surface area is 77.0 Å². The number of carbonyl (C=O) groups is 1. The fraction of sp³-hybridized carbons (Fsp3) is 0.300. The van der Waals surface area contributed by atoms with Gasteiger partial charge >= 0.3 is 6.16 Å². The summed E-state index contributed by atoms with van der Waals surface area (Å²) in [6, 6.07) is 3.52. The average molecular weight is 180 g/mol. The third-order valence-corrected chi connectivity index (χ3v) is 2.21. The van der Waals surface area contributed by atoms with Gasteiger partial charge in [0.1, 0.15) is 5.75 Å². The Morgan fingerprint density at radius 2 is 1.85 bits per heavy atom. The molecule has 0 saturated heterocycles. The van der Waals surface area contributed by atoms with Crippen LogP contribution < -0.4 is 4.74 Å². The summed E-state index contributed by atoms with van der Waals surface area (Å²) in [5.41, 5.74) is 3.08. The molecule has 0 amide bonds. The zero-order valence-corrected chi connectivity index (χ0v) is 7.92. The molecule has 70 valence electrons. The Morgan fingerprint density at radius 1 is 1.23 bits per heavy atom. The van der Waals surface area contributed by atoms with Crippen LogP contribution in [-0.4, -0.2) is 11.3 Å². The molecule has 0 aromatic heterocycles. The second-order valence-electron chi connectivity index (χ2n) is 3.00. The lowest BCUT2D eigenvalue weighted by Gasteiger charge is -2.08. The molecule has 3 heteroatoms. The van der Waals surface area contributed by atoms with E-state index in [0.29, 0.717) is 5.75 Å². The van der Waals surface area contributed by atoms with E-state index in [2.05, 4.69) is 4.74 Å². The first-order valence-corrected chi connectivity index (χ1v) is 4.00. The minimum absolute atomic E-state index is 0.413. The smallest absolute Gasteiger partial charge is 0.449 e. The van der Waals surface area contributed by atoms with Crippen molar-refractivity contribution in [3.05, 3.63) is 28.8 Å². The molecule has 0 radical (unpaired) electrons. The molecule has 0 spiro atoms. The summed E-state index contributed by atoms with van der Waals surface area (Å²) in [6.45, 7) is 5.77. The first-order valence-electron chi connectivity index (χ1n) is 4.00. The van der Waals surface area contributed by atoms with Crippen LogP contribution in [0.3, 0.4) is 0 Å². The number of hydrogen-bond donors (Lipinski definition) is 1. The van der Waals surface area contributed by atoms with E-state index in [1.54, 1.807) is 6.07 Å². The quantitative estimate of drug-likeness (QED) is 0.533. The number of carboxylic acid groups (broad SMARTS) is 1. The van der Waals surface area contributed by atoms with Gasteiger partial charge in [-0.3, -0.25) is 0 Å². The van der Waals surface area contributed by atoms with Gasteiger partial charge in [-0.15, -0.1) is 0 Å². The van der Waals surface area contributed by atoms with Gasteiger partial charge in [0.05, 0.1) is 0 Å². The van der Waals surface area contributed by atoms with E-state index in [1.807, 2.05) is 26.8 Å². The first-order chi connectivity index (χ1) is 6.02. The van der Waals surface area contributed by atoms with Gasteiger partial charge in [-0.25, -0.2) is 4.79 Å². The minimum atomic E-state index is -1.27. The third kappa shape index (κ3) is 1.99. The van der Waals surface area contributed by atoms with Crippen LogP contribution in [0.15, 0.2) is 12.1 Å². The molecule has 0 fully saturated rings. The largest absolute Gasteiger partial charge is 0.511 e. The molecule has 13 heavy (non-hydrogen) atoms. The van der Waals surface area contributed by atoms with Gasteiger partial charge in [-0.1, -0.05) is 6.07 Å². The zero-order valence-electron chi connectivity index (χ0n) is 7.92. The van der Waals surface area contributed by atoms with Gasteiger partial charge in [-0.05, 0) is 43.5 Å². The molecule has 0 aliphatic rings. The van der Waals surface area contributed by atoms with Crippen LogP contribution in [0, 0.1) is 20.8 Å². The SMILES string of the molecule is Cc1ccc(OC(=O)O)c(C)c1C. The van der Waals surface area contributed by atoms with Crippen LogP contribution in [-0.2, 0) is 0 Å². The molecule has 0 saturated carbocycles. The standard InChI is InChI=1S/C10H12O3/c1-6-4-5-9(13-10(11)12)8(3)7(6)2/h4-5H,1-3H3,(H,11,12). The van der Waals surface area contributed by atoms with E-state index in [9.17, 15) is 4.79 Å². The Balaban J connectivity index is 3.10. The van der Waals surface area contributed by atoms with Gasteiger partial charge in [0.15, 0.2) is 0 Å². The summed E-state index contributed by atoms with van der Waals surface area (Å²) < 4.78 is 4.60. The summed E-state index contributed by atoms with van der Waals surface area (Å²) in [5.74, 6) is 0.413. The van der Waals surface area contributed by atoms with Crippen molar-refractivity contribution in [3.8, 4) is 5.75 Å². The summed E-state index contributed by atoms with van der Waals surface area (Å²) in [5, 5.41) is 8.43. The van der Waals surface area contributed by atoms with Crippen LogP contribution in [0.5, 0.6) is 5.75 Å². The average Bonchev–Trinajstić information content (AvgIpc) is 2.06. The molecule has 0 unspecified atom stereocenters. The molecular formula is C10H12O3. The number of ether oxygens (including phenoxy) is 1. The van der Waals surface area contributed by atoms with Crippen molar-refractivity contribution in [2.24, 2.45) is 0 Å². The van der Waals surface area contributed by atoms with Crippen LogP contribution >= 0.6 is 0 Å². The number of rotatable bonds is 1. The highest BCUT2D eigenvalue weighted by atomic mass is 16.7. The van der Waals surface area contributed by atoms with Gasteiger partial charge in [-0.2, -0.15) is 0 Å². The van der Waals surface area contributed by atoms with Crippen LogP contribution in [0.4, 0.5) is 4.79 Å². The molecule has 0 aliphatic heterocycles. The molecule has 1 aromatic carbocycles. The molecule has 0 aliphatic carbocycles. The molecule has 0 bridgehead atoms. The zero-order chi connectivity index (χ0) is 10.0. The summed E-state index contributed by atoms with van der Waals surface area (Å²) in [6.07, 6.45) is -1.27. The monoisotopic (exact) mass is 180 g/mol. The fourth-order valence-electron chi connectivity index (χ4n) is 1.14. The maximum Gasteiger partial charge on any atom is 0.511 e. The number of benzene rings is 1. The van der Waals surface area contributed by atoms with Gasteiger partial charge in [0.25, 0.3) is 0 Å². The second-order valence-corrected chi connectivity index (χ2v) is 3.00. The highest BCUT2D eigenvalue weighted by molar-refractivity contribution is 5.62. The predicted octanol–water partition coefficient (Wildman–Crippen LogP) is 2.67. The van der Waals surface area contributed by atoms with E-state index in [4.69, 9.17) is 5.11 Å². The Morgan fingerprint density at radius 3 is 2.38 bits per heavy atom. The highest BCUT2D eigenvalue weighted by Gasteiger charge is 2.07. The maximum atomic E-state index is 10.3.